The first-order valence-electron chi connectivity index (χ1n) is 11.6. The van der Waals surface area contributed by atoms with Gasteiger partial charge in [-0.3, -0.25) is 14.6 Å². The number of aromatic nitrogens is 1. The van der Waals surface area contributed by atoms with Crippen LogP contribution < -0.4 is 16.0 Å². The highest BCUT2D eigenvalue weighted by Crippen LogP contribution is 2.32. The summed E-state index contributed by atoms with van der Waals surface area (Å²) in [6.45, 7) is 8.51. The van der Waals surface area contributed by atoms with Gasteiger partial charge in [-0.05, 0) is 78.5 Å². The zero-order valence-electron chi connectivity index (χ0n) is 20.3. The number of carbonyl (C=O) groups excluding carboxylic acids is 3. The van der Waals surface area contributed by atoms with Gasteiger partial charge in [-0.2, -0.15) is 0 Å². The Hall–Kier alpha value is -2.68. The highest BCUT2D eigenvalue weighted by molar-refractivity contribution is 9.10. The Morgan fingerprint density at radius 1 is 1.12 bits per heavy atom. The fraction of sp³-hybridized carbons (Fsp3) is 0.520. The van der Waals surface area contributed by atoms with E-state index in [1.54, 1.807) is 40.8 Å². The first-order chi connectivity index (χ1) is 15.9. The molecule has 1 unspecified atom stereocenters. The van der Waals surface area contributed by atoms with Crippen molar-refractivity contribution in [1.82, 2.24) is 15.6 Å². The molecule has 1 fully saturated rings. The third-order valence-corrected chi connectivity index (χ3v) is 6.25. The van der Waals surface area contributed by atoms with Crippen LogP contribution in [-0.2, 0) is 9.53 Å². The molecule has 8 nitrogen and oxygen atoms in total. The van der Waals surface area contributed by atoms with Gasteiger partial charge in [-0.1, -0.05) is 15.9 Å². The molecule has 1 aliphatic carbocycles. The Labute approximate surface area is 208 Å². The number of Topliss-reactive ketones (excluding diaryl/α,β-unsaturated/α-hetero) is 1. The van der Waals surface area contributed by atoms with Crippen molar-refractivity contribution >= 4 is 50.3 Å². The number of fused-ring (bicyclic) bond motifs is 1. The number of hydrogen-bond donors (Lipinski definition) is 3. The van der Waals surface area contributed by atoms with Crippen LogP contribution in [0.1, 0.15) is 70.7 Å². The molecule has 2 amide bonds. The summed E-state index contributed by atoms with van der Waals surface area (Å²) in [6, 6.07) is 5.34. The van der Waals surface area contributed by atoms with Crippen molar-refractivity contribution in [3.05, 3.63) is 34.4 Å². The second-order valence-electron chi connectivity index (χ2n) is 9.83. The molecule has 9 heteroatoms. The van der Waals surface area contributed by atoms with Crippen molar-refractivity contribution in [3.8, 4) is 0 Å². The average Bonchev–Trinajstić information content (AvgIpc) is 2.73. The number of alkyl carbamates (subject to hydrolysis) is 1. The molecule has 2 aromatic rings. The van der Waals surface area contributed by atoms with Gasteiger partial charge in [-0.15, -0.1) is 0 Å². The van der Waals surface area contributed by atoms with E-state index in [1.807, 2.05) is 18.2 Å². The molecule has 1 atom stereocenters. The summed E-state index contributed by atoms with van der Waals surface area (Å²) in [5.74, 6) is -0.268. The lowest BCUT2D eigenvalue weighted by Crippen LogP contribution is -2.50. The van der Waals surface area contributed by atoms with E-state index in [2.05, 4.69) is 36.9 Å². The molecule has 0 saturated heterocycles. The molecule has 34 heavy (non-hydrogen) atoms. The number of nitrogens with zero attached hydrogens (tertiary/aromatic N) is 1. The minimum absolute atomic E-state index is 0.0315. The molecule has 0 radical (unpaired) electrons. The fourth-order valence-corrected chi connectivity index (χ4v) is 4.41. The lowest BCUT2D eigenvalue weighted by molar-refractivity contribution is -0.123. The van der Waals surface area contributed by atoms with E-state index in [0.717, 1.165) is 46.7 Å². The Morgan fingerprint density at radius 3 is 2.38 bits per heavy atom. The molecule has 184 valence electrons. The van der Waals surface area contributed by atoms with E-state index < -0.39 is 17.7 Å². The van der Waals surface area contributed by atoms with Crippen molar-refractivity contribution in [1.29, 1.82) is 0 Å². The fourth-order valence-electron chi connectivity index (χ4n) is 4.05. The number of pyridine rings is 1. The zero-order chi connectivity index (χ0) is 25.0. The zero-order valence-corrected chi connectivity index (χ0v) is 21.9. The lowest BCUT2D eigenvalue weighted by Gasteiger charge is -2.31. The summed E-state index contributed by atoms with van der Waals surface area (Å²) < 4.78 is 6.14. The van der Waals surface area contributed by atoms with Crippen LogP contribution in [0.3, 0.4) is 0 Å². The largest absolute Gasteiger partial charge is 0.444 e. The average molecular weight is 533 g/mol. The number of benzene rings is 1. The Balaban J connectivity index is 1.59. The molecular weight excluding hydrogens is 500 g/mol. The van der Waals surface area contributed by atoms with Gasteiger partial charge in [0.15, 0.2) is 5.78 Å². The first kappa shape index (κ1) is 25.9. The summed E-state index contributed by atoms with van der Waals surface area (Å²) in [5.41, 5.74) is 1.58. The van der Waals surface area contributed by atoms with Crippen LogP contribution in [0, 0.1) is 0 Å². The number of anilines is 1. The topological polar surface area (TPSA) is 109 Å². The number of ketones is 1. The molecule has 3 N–H and O–H groups in total. The van der Waals surface area contributed by atoms with Gasteiger partial charge in [0.05, 0.1) is 16.8 Å². The normalized spacial score (nSPS) is 19.2. The standard InChI is InChI=1S/C25H33BrN4O4/c1-14(28-24(33)34-25(3,4)5)23(32)30-18-9-7-17(8-10-18)29-22-19-12-16(26)6-11-21(19)27-13-20(22)15(2)31/h6,11-14,17-18H,7-10H2,1-5H3,(H,27,29)(H,28,33)(H,30,32). The monoisotopic (exact) mass is 532 g/mol. The second kappa shape index (κ2) is 10.7. The third kappa shape index (κ3) is 6.91. The number of ether oxygens (including phenoxy) is 1. The van der Waals surface area contributed by atoms with Crippen LogP contribution in [0.5, 0.6) is 0 Å². The maximum absolute atomic E-state index is 12.5. The number of nitrogens with one attached hydrogen (secondary N) is 3. The van der Waals surface area contributed by atoms with Gasteiger partial charge in [0.1, 0.15) is 11.6 Å². The molecule has 1 saturated carbocycles. The maximum Gasteiger partial charge on any atom is 0.408 e. The van der Waals surface area contributed by atoms with Crippen LogP contribution in [0.4, 0.5) is 10.5 Å². The molecular formula is C25H33BrN4O4. The molecule has 1 aliphatic rings. The highest BCUT2D eigenvalue weighted by Gasteiger charge is 2.27. The summed E-state index contributed by atoms with van der Waals surface area (Å²) in [4.78, 5) is 41.1. The summed E-state index contributed by atoms with van der Waals surface area (Å²) >= 11 is 3.51. The Kier molecular flexibility index (Phi) is 8.17. The van der Waals surface area contributed by atoms with Crippen molar-refractivity contribution in [3.63, 3.8) is 0 Å². The predicted molar refractivity (Wildman–Crippen MR) is 136 cm³/mol. The van der Waals surface area contributed by atoms with Crippen molar-refractivity contribution in [2.75, 3.05) is 5.32 Å². The smallest absolute Gasteiger partial charge is 0.408 e. The van der Waals surface area contributed by atoms with Gasteiger partial charge in [-0.25, -0.2) is 4.79 Å². The van der Waals surface area contributed by atoms with Gasteiger partial charge >= 0.3 is 6.09 Å². The number of halogens is 1. The molecule has 1 aromatic carbocycles. The molecule has 0 bridgehead atoms. The van der Waals surface area contributed by atoms with Crippen molar-refractivity contribution in [2.24, 2.45) is 0 Å². The molecule has 0 spiro atoms. The molecule has 3 rings (SSSR count). The molecule has 0 aliphatic heterocycles. The van der Waals surface area contributed by atoms with E-state index in [4.69, 9.17) is 4.74 Å². The minimum atomic E-state index is -0.689. The Bertz CT molecular complexity index is 1070. The molecule has 1 heterocycles. The molecule has 1 aromatic heterocycles. The quantitative estimate of drug-likeness (QED) is 0.454. The van der Waals surface area contributed by atoms with Gasteiger partial charge < -0.3 is 20.7 Å². The minimum Gasteiger partial charge on any atom is -0.444 e. The van der Waals surface area contributed by atoms with E-state index >= 15 is 0 Å². The second-order valence-corrected chi connectivity index (χ2v) is 10.7. The van der Waals surface area contributed by atoms with Gasteiger partial charge in [0, 0.05) is 28.1 Å². The van der Waals surface area contributed by atoms with E-state index in [9.17, 15) is 14.4 Å². The highest BCUT2D eigenvalue weighted by atomic mass is 79.9. The number of hydrogen-bond acceptors (Lipinski definition) is 6. The summed E-state index contributed by atoms with van der Waals surface area (Å²) in [5, 5.41) is 10.1. The van der Waals surface area contributed by atoms with Crippen molar-refractivity contribution < 1.29 is 19.1 Å². The van der Waals surface area contributed by atoms with Crippen LogP contribution in [0.2, 0.25) is 0 Å². The SMILES string of the molecule is CC(=O)c1cnc2ccc(Br)cc2c1NC1CCC(NC(=O)C(C)NC(=O)OC(C)(C)C)CC1. The van der Waals surface area contributed by atoms with Crippen molar-refractivity contribution in [2.45, 2.75) is 84.0 Å². The van der Waals surface area contributed by atoms with E-state index in [-0.39, 0.29) is 23.8 Å². The third-order valence-electron chi connectivity index (χ3n) is 5.76. The van der Waals surface area contributed by atoms with E-state index in [0.29, 0.717) is 5.56 Å². The lowest BCUT2D eigenvalue weighted by atomic mass is 9.90. The van der Waals surface area contributed by atoms with Crippen LogP contribution in [0.25, 0.3) is 10.9 Å². The first-order valence-corrected chi connectivity index (χ1v) is 12.4. The maximum atomic E-state index is 12.5. The number of amides is 2. The van der Waals surface area contributed by atoms with Crippen LogP contribution in [0.15, 0.2) is 28.9 Å². The number of rotatable bonds is 6. The summed E-state index contributed by atoms with van der Waals surface area (Å²) in [6.07, 6.45) is 4.30. The predicted octanol–water partition coefficient (Wildman–Crippen LogP) is 4.95. The Morgan fingerprint density at radius 2 is 1.76 bits per heavy atom. The van der Waals surface area contributed by atoms with Gasteiger partial charge in [0.2, 0.25) is 5.91 Å². The van der Waals surface area contributed by atoms with Gasteiger partial charge in [0.25, 0.3) is 0 Å². The van der Waals surface area contributed by atoms with E-state index in [1.165, 1.54) is 0 Å². The van der Waals surface area contributed by atoms with Crippen LogP contribution >= 0.6 is 15.9 Å². The van der Waals surface area contributed by atoms with Crippen LogP contribution in [-0.4, -0.2) is 46.5 Å². The summed E-state index contributed by atoms with van der Waals surface area (Å²) in [7, 11) is 0. The number of carbonyl (C=O) groups is 3.